The molecule has 2 aromatic carbocycles. The fraction of sp³-hybridized carbons (Fsp3) is 0.133. The van der Waals surface area contributed by atoms with Crippen LogP contribution in [-0.4, -0.2) is 12.3 Å². The summed E-state index contributed by atoms with van der Waals surface area (Å²) in [6.45, 7) is 0.466. The van der Waals surface area contributed by atoms with E-state index in [0.717, 1.165) is 5.69 Å². The summed E-state index contributed by atoms with van der Waals surface area (Å²) in [5.41, 5.74) is 1.30. The predicted molar refractivity (Wildman–Crippen MR) is 80.3 cm³/mol. The molecular weight excluding hydrogens is 300 g/mol. The van der Waals surface area contributed by atoms with Gasteiger partial charge in [0.2, 0.25) is 0 Å². The van der Waals surface area contributed by atoms with Crippen molar-refractivity contribution in [3.8, 4) is 0 Å². The van der Waals surface area contributed by atoms with Crippen LogP contribution in [-0.2, 0) is 0 Å². The molecule has 0 heterocycles. The van der Waals surface area contributed by atoms with Crippen LogP contribution in [0, 0.1) is 5.82 Å². The Morgan fingerprint density at radius 1 is 1.05 bits per heavy atom. The topological polar surface area (TPSA) is 29.1 Å². The minimum absolute atomic E-state index is 0.0439. The maximum Gasteiger partial charge on any atom is 0.164 e. The first-order valence-electron chi connectivity index (χ1n) is 6.04. The second-order valence-electron chi connectivity index (χ2n) is 4.24. The van der Waals surface area contributed by atoms with E-state index in [4.69, 9.17) is 23.2 Å². The number of Topliss-reactive ketones (excluding diaryl/α,β-unsaturated/α-hetero) is 1. The molecule has 0 aliphatic rings. The molecule has 1 N–H and O–H groups in total. The fourth-order valence-electron chi connectivity index (χ4n) is 1.71. The lowest BCUT2D eigenvalue weighted by Gasteiger charge is -2.07. The largest absolute Gasteiger partial charge is 0.385 e. The van der Waals surface area contributed by atoms with Gasteiger partial charge in [-0.1, -0.05) is 23.2 Å². The standard InChI is InChI=1S/C15H12Cl2FNO/c16-13-6-5-12(9-14(13)17)19-8-7-15(20)10-1-3-11(18)4-2-10/h1-6,9,19H,7-8H2. The van der Waals surface area contributed by atoms with Crippen LogP contribution in [0.25, 0.3) is 0 Å². The van der Waals surface area contributed by atoms with E-state index in [1.54, 1.807) is 18.2 Å². The monoisotopic (exact) mass is 311 g/mol. The lowest BCUT2D eigenvalue weighted by molar-refractivity contribution is 0.0986. The van der Waals surface area contributed by atoms with Gasteiger partial charge in [-0.2, -0.15) is 0 Å². The first kappa shape index (κ1) is 14.8. The van der Waals surface area contributed by atoms with Gasteiger partial charge in [-0.25, -0.2) is 4.39 Å². The molecule has 5 heteroatoms. The van der Waals surface area contributed by atoms with Gasteiger partial charge in [-0.15, -0.1) is 0 Å². The number of halogens is 3. The first-order chi connectivity index (χ1) is 9.56. The van der Waals surface area contributed by atoms with E-state index >= 15 is 0 Å². The van der Waals surface area contributed by atoms with E-state index < -0.39 is 0 Å². The molecular formula is C15H12Cl2FNO. The van der Waals surface area contributed by atoms with Gasteiger partial charge < -0.3 is 5.32 Å². The van der Waals surface area contributed by atoms with Gasteiger partial charge in [-0.3, -0.25) is 4.79 Å². The number of anilines is 1. The average molecular weight is 312 g/mol. The van der Waals surface area contributed by atoms with Crippen molar-refractivity contribution in [3.63, 3.8) is 0 Å². The van der Waals surface area contributed by atoms with Crippen LogP contribution in [0.15, 0.2) is 42.5 Å². The molecule has 0 bridgehead atoms. The third-order valence-corrected chi connectivity index (χ3v) is 3.51. The highest BCUT2D eigenvalue weighted by Crippen LogP contribution is 2.24. The van der Waals surface area contributed by atoms with E-state index in [1.165, 1.54) is 24.3 Å². The maximum absolute atomic E-state index is 12.7. The van der Waals surface area contributed by atoms with Gasteiger partial charge in [0.05, 0.1) is 10.0 Å². The molecule has 0 radical (unpaired) electrons. The molecule has 0 fully saturated rings. The summed E-state index contributed by atoms with van der Waals surface area (Å²) in [6, 6.07) is 10.7. The molecule has 0 unspecified atom stereocenters. The SMILES string of the molecule is O=C(CCNc1ccc(Cl)c(Cl)c1)c1ccc(F)cc1. The summed E-state index contributed by atoms with van der Waals surface area (Å²) < 4.78 is 12.7. The van der Waals surface area contributed by atoms with Crippen LogP contribution in [0.3, 0.4) is 0 Å². The number of hydrogen-bond donors (Lipinski definition) is 1. The van der Waals surface area contributed by atoms with E-state index in [-0.39, 0.29) is 11.6 Å². The van der Waals surface area contributed by atoms with Crippen LogP contribution in [0.1, 0.15) is 16.8 Å². The third kappa shape index (κ3) is 3.95. The minimum atomic E-state index is -0.351. The Labute approximate surface area is 126 Å². The normalized spacial score (nSPS) is 10.3. The van der Waals surface area contributed by atoms with Crippen molar-refractivity contribution in [3.05, 3.63) is 63.9 Å². The Kier molecular flexibility index (Phi) is 4.99. The molecule has 0 aliphatic heterocycles. The van der Waals surface area contributed by atoms with Crippen molar-refractivity contribution in [1.82, 2.24) is 0 Å². The van der Waals surface area contributed by atoms with Gasteiger partial charge in [0.15, 0.2) is 5.78 Å². The fourth-order valence-corrected chi connectivity index (χ4v) is 2.00. The number of carbonyl (C=O) groups excluding carboxylic acids is 1. The maximum atomic E-state index is 12.7. The predicted octanol–water partition coefficient (Wildman–Crippen LogP) is 4.82. The molecule has 0 aliphatic carbocycles. The molecule has 20 heavy (non-hydrogen) atoms. The molecule has 0 atom stereocenters. The summed E-state index contributed by atoms with van der Waals surface area (Å²) in [5.74, 6) is -0.395. The van der Waals surface area contributed by atoms with Gasteiger partial charge in [0.25, 0.3) is 0 Å². The Morgan fingerprint density at radius 2 is 1.75 bits per heavy atom. The zero-order chi connectivity index (χ0) is 14.5. The average Bonchev–Trinajstić information content (AvgIpc) is 2.43. The lowest BCUT2D eigenvalue weighted by atomic mass is 10.1. The van der Waals surface area contributed by atoms with Crippen LogP contribution < -0.4 is 5.32 Å². The molecule has 2 aromatic rings. The van der Waals surface area contributed by atoms with E-state index in [9.17, 15) is 9.18 Å². The molecule has 0 saturated heterocycles. The zero-order valence-electron chi connectivity index (χ0n) is 10.5. The van der Waals surface area contributed by atoms with Crippen molar-refractivity contribution in [1.29, 1.82) is 0 Å². The van der Waals surface area contributed by atoms with Gasteiger partial charge in [-0.05, 0) is 42.5 Å². The lowest BCUT2D eigenvalue weighted by Crippen LogP contribution is -2.08. The minimum Gasteiger partial charge on any atom is -0.385 e. The summed E-state index contributed by atoms with van der Waals surface area (Å²) in [4.78, 5) is 11.9. The number of nitrogens with one attached hydrogen (secondary N) is 1. The third-order valence-electron chi connectivity index (χ3n) is 2.77. The highest BCUT2D eigenvalue weighted by atomic mass is 35.5. The van der Waals surface area contributed by atoms with E-state index in [1.807, 2.05) is 0 Å². The summed E-state index contributed by atoms with van der Waals surface area (Å²) >= 11 is 11.7. The Morgan fingerprint density at radius 3 is 2.40 bits per heavy atom. The number of rotatable bonds is 5. The molecule has 0 amide bonds. The Hall–Kier alpha value is -1.58. The summed E-state index contributed by atoms with van der Waals surface area (Å²) in [7, 11) is 0. The number of carbonyl (C=O) groups is 1. The van der Waals surface area contributed by atoms with E-state index in [0.29, 0.717) is 28.6 Å². The number of benzene rings is 2. The van der Waals surface area contributed by atoms with Gasteiger partial charge in [0.1, 0.15) is 5.82 Å². The number of hydrogen-bond acceptors (Lipinski definition) is 2. The van der Waals surface area contributed by atoms with Gasteiger partial charge in [0, 0.05) is 24.2 Å². The van der Waals surface area contributed by atoms with Crippen molar-refractivity contribution in [2.45, 2.75) is 6.42 Å². The van der Waals surface area contributed by atoms with Crippen LogP contribution in [0.2, 0.25) is 10.0 Å². The van der Waals surface area contributed by atoms with Crippen molar-refractivity contribution < 1.29 is 9.18 Å². The molecule has 2 rings (SSSR count). The van der Waals surface area contributed by atoms with E-state index in [2.05, 4.69) is 5.32 Å². The smallest absolute Gasteiger partial charge is 0.164 e. The van der Waals surface area contributed by atoms with Crippen molar-refractivity contribution >= 4 is 34.7 Å². The second kappa shape index (κ2) is 6.73. The Bertz CT molecular complexity index is 614. The van der Waals surface area contributed by atoms with Crippen LogP contribution in [0.5, 0.6) is 0 Å². The van der Waals surface area contributed by atoms with Crippen LogP contribution in [0.4, 0.5) is 10.1 Å². The second-order valence-corrected chi connectivity index (χ2v) is 5.05. The van der Waals surface area contributed by atoms with Crippen LogP contribution >= 0.6 is 23.2 Å². The van der Waals surface area contributed by atoms with Crippen molar-refractivity contribution in [2.24, 2.45) is 0 Å². The summed E-state index contributed by atoms with van der Waals surface area (Å²) in [6.07, 6.45) is 0.311. The molecule has 0 aromatic heterocycles. The zero-order valence-corrected chi connectivity index (χ0v) is 12.0. The van der Waals surface area contributed by atoms with Crippen molar-refractivity contribution in [2.75, 3.05) is 11.9 Å². The molecule has 104 valence electrons. The number of ketones is 1. The quantitative estimate of drug-likeness (QED) is 0.802. The highest BCUT2D eigenvalue weighted by Gasteiger charge is 2.06. The molecule has 2 nitrogen and oxygen atoms in total. The highest BCUT2D eigenvalue weighted by molar-refractivity contribution is 6.42. The molecule has 0 saturated carbocycles. The van der Waals surface area contributed by atoms with Gasteiger partial charge >= 0.3 is 0 Å². The Balaban J connectivity index is 1.87. The first-order valence-corrected chi connectivity index (χ1v) is 6.79. The molecule has 0 spiro atoms. The summed E-state index contributed by atoms with van der Waals surface area (Å²) in [5, 5.41) is 4.03.